The van der Waals surface area contributed by atoms with Crippen LogP contribution in [0.1, 0.15) is 32.8 Å². The summed E-state index contributed by atoms with van der Waals surface area (Å²) in [5, 5.41) is 0.608. The van der Waals surface area contributed by atoms with Gasteiger partial charge in [-0.2, -0.15) is 0 Å². The zero-order chi connectivity index (χ0) is 15.2. The lowest BCUT2D eigenvalue weighted by Crippen LogP contribution is -2.39. The van der Waals surface area contributed by atoms with Crippen molar-refractivity contribution in [3.05, 3.63) is 35.9 Å². The Hall–Kier alpha value is -0.390. The largest absolute Gasteiger partial charge is 0.212 e. The normalized spacial score (nSPS) is 14.2. The summed E-state index contributed by atoms with van der Waals surface area (Å²) in [6.45, 7) is 6.15. The topological polar surface area (TPSA) is 46.2 Å². The molecule has 0 aliphatic rings. The van der Waals surface area contributed by atoms with Gasteiger partial charge in [0.2, 0.25) is 10.0 Å². The summed E-state index contributed by atoms with van der Waals surface area (Å²) >= 11 is 3.39. The maximum Gasteiger partial charge on any atom is 0.211 e. The molecule has 5 heteroatoms. The molecule has 1 N–H and O–H groups in total. The molecule has 0 amide bonds. The molecule has 0 heterocycles. The molecule has 0 saturated carbocycles. The van der Waals surface area contributed by atoms with Crippen LogP contribution < -0.4 is 4.72 Å². The van der Waals surface area contributed by atoms with Crippen molar-refractivity contribution in [3.63, 3.8) is 0 Å². The second-order valence-corrected chi connectivity index (χ2v) is 8.81. The Bertz CT molecular complexity index is 494. The molecule has 1 aromatic rings. The highest BCUT2D eigenvalue weighted by Gasteiger charge is 2.20. The molecule has 0 saturated heterocycles. The minimum atomic E-state index is -3.23. The van der Waals surface area contributed by atoms with E-state index in [2.05, 4.69) is 41.4 Å². The molecule has 1 unspecified atom stereocenters. The highest BCUT2D eigenvalue weighted by Crippen LogP contribution is 2.19. The maximum atomic E-state index is 12.1. The van der Waals surface area contributed by atoms with Crippen LogP contribution in [0.15, 0.2) is 30.3 Å². The highest BCUT2D eigenvalue weighted by atomic mass is 79.9. The molecule has 114 valence electrons. The van der Waals surface area contributed by atoms with E-state index in [1.807, 2.05) is 30.3 Å². The summed E-state index contributed by atoms with van der Waals surface area (Å²) in [6.07, 6.45) is 1.35. The molecule has 1 rings (SSSR count). The van der Waals surface area contributed by atoms with Crippen molar-refractivity contribution in [1.29, 1.82) is 0 Å². The number of benzene rings is 1. The predicted octanol–water partition coefficient (Wildman–Crippen LogP) is 3.35. The molecule has 0 aliphatic carbocycles. The Morgan fingerprint density at radius 2 is 1.80 bits per heavy atom. The third-order valence-corrected chi connectivity index (χ3v) is 5.19. The molecular weight excluding hydrogens is 338 g/mol. The lowest BCUT2D eigenvalue weighted by molar-refractivity contribution is 0.396. The first-order valence-corrected chi connectivity index (χ1v) is 9.59. The number of hydrogen-bond acceptors (Lipinski definition) is 2. The first-order chi connectivity index (χ1) is 9.22. The summed E-state index contributed by atoms with van der Waals surface area (Å²) in [4.78, 5) is 0. The molecule has 0 spiro atoms. The molecular formula is C15H24BrNO2S. The van der Waals surface area contributed by atoms with E-state index in [4.69, 9.17) is 0 Å². The molecule has 0 bridgehead atoms. The zero-order valence-corrected chi connectivity index (χ0v) is 14.8. The van der Waals surface area contributed by atoms with Gasteiger partial charge in [0.05, 0.1) is 5.75 Å². The van der Waals surface area contributed by atoms with Crippen molar-refractivity contribution in [3.8, 4) is 0 Å². The second-order valence-electron chi connectivity index (χ2n) is 6.29. The van der Waals surface area contributed by atoms with Gasteiger partial charge in [0, 0.05) is 11.4 Å². The number of alkyl halides is 1. The average molecular weight is 362 g/mol. The molecule has 0 fully saturated rings. The Kier molecular flexibility index (Phi) is 6.69. The number of halogens is 1. The number of rotatable bonds is 7. The van der Waals surface area contributed by atoms with E-state index >= 15 is 0 Å². The Balaban J connectivity index is 2.59. The molecule has 20 heavy (non-hydrogen) atoms. The van der Waals surface area contributed by atoms with Crippen LogP contribution >= 0.6 is 15.9 Å². The SMILES string of the molecule is CC(C)(C)CCS(=O)(=O)NC(CBr)Cc1ccccc1. The molecule has 0 radical (unpaired) electrons. The van der Waals surface area contributed by atoms with Gasteiger partial charge in [-0.15, -0.1) is 0 Å². The molecule has 0 aromatic heterocycles. The molecule has 3 nitrogen and oxygen atoms in total. The van der Waals surface area contributed by atoms with Gasteiger partial charge in [0.1, 0.15) is 0 Å². The summed E-state index contributed by atoms with van der Waals surface area (Å²) in [5.74, 6) is 0.175. The summed E-state index contributed by atoms with van der Waals surface area (Å²) in [7, 11) is -3.23. The van der Waals surface area contributed by atoms with E-state index in [-0.39, 0.29) is 17.2 Å². The van der Waals surface area contributed by atoms with Crippen LogP contribution in [0.25, 0.3) is 0 Å². The number of nitrogens with one attached hydrogen (secondary N) is 1. The van der Waals surface area contributed by atoms with Gasteiger partial charge < -0.3 is 0 Å². The van der Waals surface area contributed by atoms with Crippen molar-refractivity contribution in [2.75, 3.05) is 11.1 Å². The van der Waals surface area contributed by atoms with Crippen molar-refractivity contribution in [1.82, 2.24) is 4.72 Å². The first-order valence-electron chi connectivity index (χ1n) is 6.82. The number of sulfonamides is 1. The molecule has 1 aromatic carbocycles. The quantitative estimate of drug-likeness (QED) is 0.756. The van der Waals surface area contributed by atoms with Gasteiger partial charge in [-0.3, -0.25) is 0 Å². The summed E-state index contributed by atoms with van der Waals surface area (Å²) in [5.41, 5.74) is 1.16. The lowest BCUT2D eigenvalue weighted by atomic mass is 9.94. The van der Waals surface area contributed by atoms with Crippen LogP contribution in [-0.2, 0) is 16.4 Å². The van der Waals surface area contributed by atoms with Crippen molar-refractivity contribution < 1.29 is 8.42 Å². The fourth-order valence-corrected chi connectivity index (χ4v) is 4.06. The number of hydrogen-bond donors (Lipinski definition) is 1. The first kappa shape index (κ1) is 17.7. The zero-order valence-electron chi connectivity index (χ0n) is 12.4. The van der Waals surface area contributed by atoms with Gasteiger partial charge in [-0.1, -0.05) is 67.0 Å². The van der Waals surface area contributed by atoms with Gasteiger partial charge in [0.15, 0.2) is 0 Å². The van der Waals surface area contributed by atoms with Gasteiger partial charge in [-0.25, -0.2) is 13.1 Å². The smallest absolute Gasteiger partial charge is 0.211 e. The minimum absolute atomic E-state index is 0.0259. The standard InChI is InChI=1S/C15H24BrNO2S/c1-15(2,3)9-10-20(18,19)17-14(12-16)11-13-7-5-4-6-8-13/h4-8,14,17H,9-12H2,1-3H3. The van der Waals surface area contributed by atoms with E-state index < -0.39 is 10.0 Å². The average Bonchev–Trinajstić information content (AvgIpc) is 2.36. The third kappa shape index (κ3) is 7.41. The maximum absolute atomic E-state index is 12.1. The van der Waals surface area contributed by atoms with E-state index in [0.717, 1.165) is 5.56 Å². The van der Waals surface area contributed by atoms with Crippen molar-refractivity contribution in [2.45, 2.75) is 39.7 Å². The van der Waals surface area contributed by atoms with Crippen LogP contribution in [0.4, 0.5) is 0 Å². The fourth-order valence-electron chi connectivity index (χ4n) is 1.78. The van der Waals surface area contributed by atoms with E-state index in [9.17, 15) is 8.42 Å². The van der Waals surface area contributed by atoms with Crippen LogP contribution in [0.5, 0.6) is 0 Å². The van der Waals surface area contributed by atoms with E-state index in [1.54, 1.807) is 0 Å². The van der Waals surface area contributed by atoms with Gasteiger partial charge >= 0.3 is 0 Å². The minimum Gasteiger partial charge on any atom is -0.212 e. The van der Waals surface area contributed by atoms with Crippen LogP contribution in [0.3, 0.4) is 0 Å². The van der Waals surface area contributed by atoms with Crippen LogP contribution in [0, 0.1) is 5.41 Å². The van der Waals surface area contributed by atoms with Gasteiger partial charge in [-0.05, 0) is 23.8 Å². The lowest BCUT2D eigenvalue weighted by Gasteiger charge is -2.20. The Morgan fingerprint density at radius 3 is 2.30 bits per heavy atom. The predicted molar refractivity (Wildman–Crippen MR) is 88.7 cm³/mol. The second kappa shape index (κ2) is 7.57. The fraction of sp³-hybridized carbons (Fsp3) is 0.600. The summed E-state index contributed by atoms with van der Waals surface area (Å²) in [6, 6.07) is 9.81. The van der Waals surface area contributed by atoms with E-state index in [0.29, 0.717) is 18.2 Å². The van der Waals surface area contributed by atoms with E-state index in [1.165, 1.54) is 0 Å². The Labute approximate surface area is 131 Å². The molecule has 1 atom stereocenters. The van der Waals surface area contributed by atoms with Crippen LogP contribution in [-0.4, -0.2) is 25.5 Å². The van der Waals surface area contributed by atoms with Crippen LogP contribution in [0.2, 0.25) is 0 Å². The van der Waals surface area contributed by atoms with Crippen molar-refractivity contribution in [2.24, 2.45) is 5.41 Å². The third-order valence-electron chi connectivity index (χ3n) is 2.98. The van der Waals surface area contributed by atoms with Crippen molar-refractivity contribution >= 4 is 26.0 Å². The summed E-state index contributed by atoms with van der Waals surface area (Å²) < 4.78 is 27.0. The molecule has 0 aliphatic heterocycles. The highest BCUT2D eigenvalue weighted by molar-refractivity contribution is 9.09. The monoisotopic (exact) mass is 361 g/mol. The van der Waals surface area contributed by atoms with Gasteiger partial charge in [0.25, 0.3) is 0 Å². The Morgan fingerprint density at radius 1 is 1.20 bits per heavy atom.